The van der Waals surface area contributed by atoms with Crippen LogP contribution in [-0.4, -0.2) is 41.7 Å². The zero-order chi connectivity index (χ0) is 20.8. The zero-order valence-electron chi connectivity index (χ0n) is 18.3. The summed E-state index contributed by atoms with van der Waals surface area (Å²) in [5, 5.41) is 0. The molecular weight excluding hydrogens is 388 g/mol. The van der Waals surface area contributed by atoms with Gasteiger partial charge in [0.2, 0.25) is 0 Å². The molecule has 0 aromatic heterocycles. The molecule has 4 rings (SSSR count). The van der Waals surface area contributed by atoms with Crippen molar-refractivity contribution in [3.8, 4) is 0 Å². The third-order valence-electron chi connectivity index (χ3n) is 6.16. The SMILES string of the molecule is CC1=C(CSc2ccccc2)N(CCN2CCCCCC2)C(c2ccc(C)cc2)O1. The standard InChI is InChI=1S/C26H34N2OS/c1-21-12-14-23(15-13-21)26-28(19-18-27-16-8-3-4-9-17-27)25(22(2)29-26)20-30-24-10-6-5-7-11-24/h5-7,10-15,26H,3-4,8-9,16-20H2,1-2H3. The van der Waals surface area contributed by atoms with Crippen molar-refractivity contribution in [3.63, 3.8) is 0 Å². The highest BCUT2D eigenvalue weighted by atomic mass is 32.2. The third-order valence-corrected chi connectivity index (χ3v) is 7.18. The molecule has 0 N–H and O–H groups in total. The number of rotatable bonds is 7. The Kier molecular flexibility index (Phi) is 7.40. The minimum absolute atomic E-state index is 0.0102. The lowest BCUT2D eigenvalue weighted by atomic mass is 10.1. The summed E-state index contributed by atoms with van der Waals surface area (Å²) in [5.74, 6) is 2.01. The molecule has 160 valence electrons. The minimum Gasteiger partial charge on any atom is -0.469 e. The second kappa shape index (κ2) is 10.4. The molecule has 2 aliphatic rings. The van der Waals surface area contributed by atoms with E-state index < -0.39 is 0 Å². The topological polar surface area (TPSA) is 15.7 Å². The Balaban J connectivity index is 1.49. The van der Waals surface area contributed by atoms with Crippen LogP contribution >= 0.6 is 11.8 Å². The first-order valence-electron chi connectivity index (χ1n) is 11.3. The Hall–Kier alpha value is -1.91. The number of hydrogen-bond donors (Lipinski definition) is 0. The lowest BCUT2D eigenvalue weighted by molar-refractivity contribution is 0.0349. The van der Waals surface area contributed by atoms with E-state index in [2.05, 4.69) is 78.2 Å². The maximum Gasteiger partial charge on any atom is 0.198 e. The summed E-state index contributed by atoms with van der Waals surface area (Å²) in [6.45, 7) is 8.87. The summed E-state index contributed by atoms with van der Waals surface area (Å²) in [4.78, 5) is 6.47. The summed E-state index contributed by atoms with van der Waals surface area (Å²) in [7, 11) is 0. The van der Waals surface area contributed by atoms with E-state index in [9.17, 15) is 0 Å². The third kappa shape index (κ3) is 5.41. The van der Waals surface area contributed by atoms with Gasteiger partial charge in [-0.1, -0.05) is 60.9 Å². The Morgan fingerprint density at radius 1 is 0.867 bits per heavy atom. The fourth-order valence-corrected chi connectivity index (χ4v) is 5.36. The molecule has 1 fully saturated rings. The van der Waals surface area contributed by atoms with E-state index in [-0.39, 0.29) is 6.23 Å². The summed E-state index contributed by atoms with van der Waals surface area (Å²) >= 11 is 1.90. The van der Waals surface area contributed by atoms with Gasteiger partial charge < -0.3 is 14.5 Å². The lowest BCUT2D eigenvalue weighted by Crippen LogP contribution is -2.36. The van der Waals surface area contributed by atoms with Gasteiger partial charge in [-0.05, 0) is 51.9 Å². The zero-order valence-corrected chi connectivity index (χ0v) is 19.2. The van der Waals surface area contributed by atoms with Crippen LogP contribution in [0.2, 0.25) is 0 Å². The highest BCUT2D eigenvalue weighted by molar-refractivity contribution is 7.99. The molecule has 1 unspecified atom stereocenters. The van der Waals surface area contributed by atoms with Crippen LogP contribution in [0.4, 0.5) is 0 Å². The molecule has 0 saturated carbocycles. The molecule has 0 aliphatic carbocycles. The van der Waals surface area contributed by atoms with Crippen molar-refractivity contribution in [2.45, 2.75) is 50.7 Å². The van der Waals surface area contributed by atoms with Crippen molar-refractivity contribution >= 4 is 11.8 Å². The molecular formula is C26H34N2OS. The van der Waals surface area contributed by atoms with Crippen molar-refractivity contribution in [1.82, 2.24) is 9.80 Å². The molecule has 2 aromatic carbocycles. The van der Waals surface area contributed by atoms with Gasteiger partial charge in [0.15, 0.2) is 6.23 Å². The van der Waals surface area contributed by atoms with Gasteiger partial charge in [-0.2, -0.15) is 0 Å². The molecule has 1 saturated heterocycles. The Bertz CT molecular complexity index is 826. The van der Waals surface area contributed by atoms with Crippen molar-refractivity contribution in [3.05, 3.63) is 77.2 Å². The number of nitrogens with zero attached hydrogens (tertiary/aromatic N) is 2. The van der Waals surface area contributed by atoms with E-state index >= 15 is 0 Å². The summed E-state index contributed by atoms with van der Waals surface area (Å²) < 4.78 is 6.44. The van der Waals surface area contributed by atoms with Crippen LogP contribution in [0, 0.1) is 6.92 Å². The maximum atomic E-state index is 6.44. The van der Waals surface area contributed by atoms with Crippen molar-refractivity contribution < 1.29 is 4.74 Å². The van der Waals surface area contributed by atoms with E-state index in [1.54, 1.807) is 0 Å². The lowest BCUT2D eigenvalue weighted by Gasteiger charge is -2.31. The quantitative estimate of drug-likeness (QED) is 0.492. The fourth-order valence-electron chi connectivity index (χ4n) is 4.34. The number of thioether (sulfide) groups is 1. The number of allylic oxidation sites excluding steroid dienone is 1. The number of aryl methyl sites for hydroxylation is 1. The second-order valence-electron chi connectivity index (χ2n) is 8.43. The van der Waals surface area contributed by atoms with E-state index in [0.717, 1.165) is 24.6 Å². The van der Waals surface area contributed by atoms with Gasteiger partial charge in [0.1, 0.15) is 5.76 Å². The predicted octanol–water partition coefficient (Wildman–Crippen LogP) is 6.23. The number of hydrogen-bond acceptors (Lipinski definition) is 4. The molecule has 30 heavy (non-hydrogen) atoms. The molecule has 0 bridgehead atoms. The smallest absolute Gasteiger partial charge is 0.198 e. The van der Waals surface area contributed by atoms with Crippen molar-refractivity contribution in [2.75, 3.05) is 31.9 Å². The highest BCUT2D eigenvalue weighted by Crippen LogP contribution is 2.38. The maximum absolute atomic E-state index is 6.44. The van der Waals surface area contributed by atoms with Crippen LogP contribution in [0.25, 0.3) is 0 Å². The highest BCUT2D eigenvalue weighted by Gasteiger charge is 2.32. The summed E-state index contributed by atoms with van der Waals surface area (Å²) in [6.07, 6.45) is 5.43. The van der Waals surface area contributed by atoms with Gasteiger partial charge in [0.05, 0.1) is 5.70 Å². The van der Waals surface area contributed by atoms with Gasteiger partial charge in [0.25, 0.3) is 0 Å². The van der Waals surface area contributed by atoms with Crippen LogP contribution in [0.1, 0.15) is 50.0 Å². The molecule has 2 heterocycles. The molecule has 2 aromatic rings. The van der Waals surface area contributed by atoms with Crippen molar-refractivity contribution in [1.29, 1.82) is 0 Å². The van der Waals surface area contributed by atoms with Crippen LogP contribution in [0.15, 0.2) is 70.9 Å². The first-order valence-corrected chi connectivity index (χ1v) is 12.3. The average molecular weight is 423 g/mol. The molecule has 0 radical (unpaired) electrons. The Morgan fingerprint density at radius 3 is 2.27 bits per heavy atom. The Labute approximate surface area is 186 Å². The monoisotopic (exact) mass is 422 g/mol. The van der Waals surface area contributed by atoms with Gasteiger partial charge in [-0.15, -0.1) is 11.8 Å². The first kappa shape index (κ1) is 21.3. The average Bonchev–Trinajstić information content (AvgIpc) is 2.92. The number of ether oxygens (including phenoxy) is 1. The summed E-state index contributed by atoms with van der Waals surface area (Å²) in [5.41, 5.74) is 3.87. The van der Waals surface area contributed by atoms with Crippen LogP contribution in [0.3, 0.4) is 0 Å². The van der Waals surface area contributed by atoms with E-state index in [1.807, 2.05) is 11.8 Å². The Morgan fingerprint density at radius 2 is 1.57 bits per heavy atom. The van der Waals surface area contributed by atoms with Crippen molar-refractivity contribution in [2.24, 2.45) is 0 Å². The van der Waals surface area contributed by atoms with E-state index in [4.69, 9.17) is 4.74 Å². The first-order chi connectivity index (χ1) is 14.7. The van der Waals surface area contributed by atoms with Gasteiger partial charge in [-0.3, -0.25) is 0 Å². The van der Waals surface area contributed by atoms with E-state index in [1.165, 1.54) is 60.5 Å². The van der Waals surface area contributed by atoms with Crippen LogP contribution < -0.4 is 0 Å². The fraction of sp³-hybridized carbons (Fsp3) is 0.462. The molecule has 4 heteroatoms. The normalized spacial score (nSPS) is 20.3. The predicted molar refractivity (Wildman–Crippen MR) is 126 cm³/mol. The van der Waals surface area contributed by atoms with Gasteiger partial charge >= 0.3 is 0 Å². The molecule has 1 atom stereocenters. The largest absolute Gasteiger partial charge is 0.469 e. The van der Waals surface area contributed by atoms with Gasteiger partial charge in [-0.25, -0.2) is 0 Å². The van der Waals surface area contributed by atoms with E-state index in [0.29, 0.717) is 0 Å². The molecule has 0 amide bonds. The number of benzene rings is 2. The number of likely N-dealkylation sites (tertiary alicyclic amines) is 1. The second-order valence-corrected chi connectivity index (χ2v) is 9.48. The summed E-state index contributed by atoms with van der Waals surface area (Å²) in [6, 6.07) is 19.5. The van der Waals surface area contributed by atoms with Crippen LogP contribution in [-0.2, 0) is 4.74 Å². The molecule has 3 nitrogen and oxygen atoms in total. The minimum atomic E-state index is -0.0102. The van der Waals surface area contributed by atoms with Crippen LogP contribution in [0.5, 0.6) is 0 Å². The molecule has 2 aliphatic heterocycles. The van der Waals surface area contributed by atoms with Gasteiger partial charge in [0, 0.05) is 29.3 Å². The molecule has 0 spiro atoms.